The van der Waals surface area contributed by atoms with E-state index in [2.05, 4.69) is 33.8 Å². The van der Waals surface area contributed by atoms with Crippen LogP contribution < -0.4 is 15.4 Å². The van der Waals surface area contributed by atoms with E-state index in [9.17, 15) is 4.79 Å². The SMILES string of the molecule is CN=C(NCCc1ccc2c(c1)CCO2)NCCC1CCCN(C(=O)OC(C)(C)C)C1.I. The quantitative estimate of drug-likeness (QED) is 0.314. The third-order valence-corrected chi connectivity index (χ3v) is 5.70. The molecule has 1 unspecified atom stereocenters. The monoisotopic (exact) mass is 558 g/mol. The first kappa shape index (κ1) is 26.5. The summed E-state index contributed by atoms with van der Waals surface area (Å²) in [5.41, 5.74) is 2.18. The zero-order chi connectivity index (χ0) is 22.3. The molecule has 1 amide bonds. The maximum absolute atomic E-state index is 12.3. The molecular formula is C24H39IN4O3. The first-order valence-electron chi connectivity index (χ1n) is 11.5. The van der Waals surface area contributed by atoms with E-state index in [4.69, 9.17) is 9.47 Å². The van der Waals surface area contributed by atoms with Gasteiger partial charge >= 0.3 is 6.09 Å². The molecule has 2 aliphatic heterocycles. The number of nitrogens with zero attached hydrogens (tertiary/aromatic N) is 2. The molecule has 1 atom stereocenters. The van der Waals surface area contributed by atoms with Crippen molar-refractivity contribution < 1.29 is 14.3 Å². The average molecular weight is 559 g/mol. The second-order valence-corrected chi connectivity index (χ2v) is 9.44. The lowest BCUT2D eigenvalue weighted by Crippen LogP contribution is -2.44. The summed E-state index contributed by atoms with van der Waals surface area (Å²) < 4.78 is 11.1. The molecule has 2 N–H and O–H groups in total. The molecule has 0 spiro atoms. The molecule has 0 aromatic heterocycles. The number of fused-ring (bicyclic) bond motifs is 1. The molecule has 0 saturated carbocycles. The van der Waals surface area contributed by atoms with Crippen LogP contribution in [0.1, 0.15) is 51.2 Å². The Morgan fingerprint density at radius 3 is 2.81 bits per heavy atom. The second-order valence-electron chi connectivity index (χ2n) is 9.44. The molecule has 3 rings (SSSR count). The number of aliphatic imine (C=N–C) groups is 1. The van der Waals surface area contributed by atoms with Gasteiger partial charge in [-0.05, 0) is 69.6 Å². The van der Waals surface area contributed by atoms with E-state index in [1.807, 2.05) is 25.7 Å². The third-order valence-electron chi connectivity index (χ3n) is 5.70. The van der Waals surface area contributed by atoms with Crippen molar-refractivity contribution in [3.8, 4) is 5.75 Å². The molecule has 7 nitrogen and oxygen atoms in total. The number of rotatable bonds is 6. The Bertz CT molecular complexity index is 779. The van der Waals surface area contributed by atoms with Gasteiger partial charge in [-0.15, -0.1) is 24.0 Å². The molecule has 1 aromatic rings. The molecule has 1 aromatic carbocycles. The molecule has 0 bridgehead atoms. The molecular weight excluding hydrogens is 519 g/mol. The Hall–Kier alpha value is -1.71. The first-order valence-corrected chi connectivity index (χ1v) is 11.5. The van der Waals surface area contributed by atoms with E-state index in [1.165, 1.54) is 11.1 Å². The molecule has 0 radical (unpaired) electrons. The Labute approximate surface area is 209 Å². The van der Waals surface area contributed by atoms with E-state index in [0.717, 1.165) is 76.6 Å². The first-order chi connectivity index (χ1) is 14.8. The van der Waals surface area contributed by atoms with Gasteiger partial charge in [-0.1, -0.05) is 12.1 Å². The van der Waals surface area contributed by atoms with Crippen molar-refractivity contribution in [2.75, 3.05) is 39.8 Å². The van der Waals surface area contributed by atoms with E-state index < -0.39 is 5.60 Å². The number of carbonyl (C=O) groups excluding carboxylic acids is 1. The van der Waals surface area contributed by atoms with Gasteiger partial charge in [-0.2, -0.15) is 0 Å². The lowest BCUT2D eigenvalue weighted by Gasteiger charge is -2.34. The number of carbonyl (C=O) groups is 1. The van der Waals surface area contributed by atoms with Crippen LogP contribution in [-0.2, 0) is 17.6 Å². The van der Waals surface area contributed by atoms with Crippen molar-refractivity contribution in [1.29, 1.82) is 0 Å². The van der Waals surface area contributed by atoms with Crippen LogP contribution in [0.15, 0.2) is 23.2 Å². The molecule has 2 heterocycles. The largest absolute Gasteiger partial charge is 0.493 e. The normalized spacial score (nSPS) is 18.3. The minimum atomic E-state index is -0.447. The van der Waals surface area contributed by atoms with E-state index >= 15 is 0 Å². The molecule has 1 saturated heterocycles. The van der Waals surface area contributed by atoms with Gasteiger partial charge in [0.2, 0.25) is 0 Å². The maximum atomic E-state index is 12.3. The summed E-state index contributed by atoms with van der Waals surface area (Å²) in [5.74, 6) is 2.34. The molecule has 8 heteroatoms. The van der Waals surface area contributed by atoms with Crippen molar-refractivity contribution in [2.24, 2.45) is 10.9 Å². The van der Waals surface area contributed by atoms with Crippen molar-refractivity contribution in [1.82, 2.24) is 15.5 Å². The fourth-order valence-electron chi connectivity index (χ4n) is 4.13. The van der Waals surface area contributed by atoms with Gasteiger partial charge in [0.05, 0.1) is 6.61 Å². The molecule has 2 aliphatic rings. The Kier molecular flexibility index (Phi) is 10.4. The third kappa shape index (κ3) is 8.33. The minimum Gasteiger partial charge on any atom is -0.493 e. The van der Waals surface area contributed by atoms with Crippen molar-refractivity contribution in [3.05, 3.63) is 29.3 Å². The highest BCUT2D eigenvalue weighted by Gasteiger charge is 2.27. The molecule has 32 heavy (non-hydrogen) atoms. The van der Waals surface area contributed by atoms with Crippen LogP contribution in [0.3, 0.4) is 0 Å². The molecule has 0 aliphatic carbocycles. The fourth-order valence-corrected chi connectivity index (χ4v) is 4.13. The Morgan fingerprint density at radius 2 is 2.06 bits per heavy atom. The number of ether oxygens (including phenoxy) is 2. The molecule has 1 fully saturated rings. The van der Waals surface area contributed by atoms with Crippen molar-refractivity contribution in [3.63, 3.8) is 0 Å². The predicted molar refractivity (Wildman–Crippen MR) is 139 cm³/mol. The smallest absolute Gasteiger partial charge is 0.410 e. The number of halogens is 1. The number of hydrogen-bond donors (Lipinski definition) is 2. The van der Waals surface area contributed by atoms with Crippen molar-refractivity contribution >= 4 is 36.0 Å². The number of likely N-dealkylation sites (tertiary alicyclic amines) is 1. The van der Waals surface area contributed by atoms with E-state index in [1.54, 1.807) is 7.05 Å². The number of benzene rings is 1. The summed E-state index contributed by atoms with van der Waals surface area (Å²) in [5, 5.41) is 6.81. The zero-order valence-electron chi connectivity index (χ0n) is 19.9. The topological polar surface area (TPSA) is 75.2 Å². The standard InChI is InChI=1S/C24H38N4O3.HI/c1-24(2,3)31-23(29)28-14-5-6-19(17-28)10-13-27-22(25-4)26-12-9-18-7-8-21-20(16-18)11-15-30-21;/h7-8,16,19H,5-6,9-15,17H2,1-4H3,(H2,25,26,27);1H. The highest BCUT2D eigenvalue weighted by molar-refractivity contribution is 14.0. The summed E-state index contributed by atoms with van der Waals surface area (Å²) in [6.07, 6.45) is 4.94. The van der Waals surface area contributed by atoms with Gasteiger partial charge in [0, 0.05) is 39.6 Å². The van der Waals surface area contributed by atoms with Crippen LogP contribution in [0.25, 0.3) is 0 Å². The lowest BCUT2D eigenvalue weighted by atomic mass is 9.95. The van der Waals surface area contributed by atoms with Gasteiger partial charge in [0.15, 0.2) is 5.96 Å². The van der Waals surface area contributed by atoms with Gasteiger partial charge in [0.1, 0.15) is 11.4 Å². The van der Waals surface area contributed by atoms with Gasteiger partial charge in [-0.3, -0.25) is 4.99 Å². The summed E-state index contributed by atoms with van der Waals surface area (Å²) in [7, 11) is 1.80. The van der Waals surface area contributed by atoms with Crippen LogP contribution in [0, 0.1) is 5.92 Å². The van der Waals surface area contributed by atoms with Crippen LogP contribution in [-0.4, -0.2) is 62.4 Å². The van der Waals surface area contributed by atoms with Crippen LogP contribution in [0.2, 0.25) is 0 Å². The highest BCUT2D eigenvalue weighted by Crippen LogP contribution is 2.26. The zero-order valence-corrected chi connectivity index (χ0v) is 22.2. The van der Waals surface area contributed by atoms with Crippen molar-refractivity contribution in [2.45, 2.75) is 58.5 Å². The average Bonchev–Trinajstić information content (AvgIpc) is 3.19. The lowest BCUT2D eigenvalue weighted by molar-refractivity contribution is 0.0162. The summed E-state index contributed by atoms with van der Waals surface area (Å²) in [6.45, 7) is 9.75. The van der Waals surface area contributed by atoms with Crippen LogP contribution >= 0.6 is 24.0 Å². The fraction of sp³-hybridized carbons (Fsp3) is 0.667. The maximum Gasteiger partial charge on any atom is 0.410 e. The van der Waals surface area contributed by atoms with E-state index in [-0.39, 0.29) is 30.1 Å². The number of piperidine rings is 1. The van der Waals surface area contributed by atoms with Gasteiger partial charge in [-0.25, -0.2) is 4.79 Å². The number of hydrogen-bond acceptors (Lipinski definition) is 4. The summed E-state index contributed by atoms with van der Waals surface area (Å²) in [6, 6.07) is 6.47. The van der Waals surface area contributed by atoms with Gasteiger partial charge in [0.25, 0.3) is 0 Å². The second kappa shape index (κ2) is 12.5. The summed E-state index contributed by atoms with van der Waals surface area (Å²) >= 11 is 0. The summed E-state index contributed by atoms with van der Waals surface area (Å²) in [4.78, 5) is 18.5. The van der Waals surface area contributed by atoms with Crippen LogP contribution in [0.4, 0.5) is 4.79 Å². The van der Waals surface area contributed by atoms with Crippen LogP contribution in [0.5, 0.6) is 5.75 Å². The van der Waals surface area contributed by atoms with Gasteiger partial charge < -0.3 is 25.0 Å². The number of guanidine groups is 1. The predicted octanol–water partition coefficient (Wildman–Crippen LogP) is 3.98. The van der Waals surface area contributed by atoms with E-state index in [0.29, 0.717) is 5.92 Å². The Morgan fingerprint density at radius 1 is 1.28 bits per heavy atom. The minimum absolute atomic E-state index is 0. The number of nitrogens with one attached hydrogen (secondary N) is 2. The Balaban J connectivity index is 0.00000363. The number of amides is 1. The molecule has 180 valence electrons. The highest BCUT2D eigenvalue weighted by atomic mass is 127.